The molecule has 7 heteroatoms. The summed E-state index contributed by atoms with van der Waals surface area (Å²) in [5.74, 6) is 0. The summed E-state index contributed by atoms with van der Waals surface area (Å²) in [6, 6.07) is 6.25. The molecule has 0 radical (unpaired) electrons. The number of rotatable bonds is 8. The minimum atomic E-state index is -3.62. The first-order valence-electron chi connectivity index (χ1n) is 5.47. The van der Waals surface area contributed by atoms with Crippen LogP contribution in [0.2, 0.25) is 0 Å². The topological polar surface area (TPSA) is 90.7 Å². The van der Waals surface area contributed by atoms with Gasteiger partial charge in [-0.3, -0.25) is 0 Å². The van der Waals surface area contributed by atoms with Gasteiger partial charge in [0.25, 0.3) is 0 Å². The van der Waals surface area contributed by atoms with Crippen LogP contribution >= 0.6 is 0 Å². The number of nitrogens with one attached hydrogen (secondary N) is 1. The van der Waals surface area contributed by atoms with Crippen LogP contribution in [0.4, 0.5) is 5.69 Å². The van der Waals surface area contributed by atoms with Crippen LogP contribution in [0, 0.1) is 0 Å². The van der Waals surface area contributed by atoms with Crippen molar-refractivity contribution in [1.29, 1.82) is 0 Å². The largest absolute Gasteiger partial charge is 0.383 e. The Balaban J connectivity index is 2.32. The van der Waals surface area contributed by atoms with E-state index in [9.17, 15) is 8.42 Å². The third-order valence-corrected chi connectivity index (χ3v) is 3.12. The fourth-order valence-corrected chi connectivity index (χ4v) is 1.79. The van der Waals surface area contributed by atoms with Crippen LogP contribution in [0.1, 0.15) is 0 Å². The van der Waals surface area contributed by atoms with E-state index in [0.29, 0.717) is 26.4 Å². The molecule has 1 aromatic carbocycles. The molecule has 1 aromatic rings. The molecule has 0 unspecified atom stereocenters. The van der Waals surface area contributed by atoms with Crippen molar-refractivity contribution in [3.63, 3.8) is 0 Å². The van der Waals surface area contributed by atoms with E-state index < -0.39 is 10.0 Å². The molecule has 1 rings (SSSR count). The van der Waals surface area contributed by atoms with E-state index in [1.165, 1.54) is 12.1 Å². The number of hydrogen-bond acceptors (Lipinski definition) is 5. The van der Waals surface area contributed by atoms with Gasteiger partial charge in [-0.1, -0.05) is 0 Å². The molecule has 0 bridgehead atoms. The van der Waals surface area contributed by atoms with E-state index in [1.54, 1.807) is 19.2 Å². The molecule has 0 aliphatic heterocycles. The SMILES string of the molecule is COCCOCCNc1ccc(S(N)(=O)=O)cc1. The molecule has 0 saturated carbocycles. The molecular formula is C11H18N2O4S. The summed E-state index contributed by atoms with van der Waals surface area (Å²) >= 11 is 0. The Hall–Kier alpha value is -1.15. The van der Waals surface area contributed by atoms with E-state index >= 15 is 0 Å². The Bertz CT molecular complexity index is 445. The van der Waals surface area contributed by atoms with Gasteiger partial charge in [0.05, 0.1) is 24.7 Å². The van der Waals surface area contributed by atoms with Crippen LogP contribution < -0.4 is 10.5 Å². The Morgan fingerprint density at radius 2 is 1.83 bits per heavy atom. The van der Waals surface area contributed by atoms with Crippen LogP contribution in [0.3, 0.4) is 0 Å². The van der Waals surface area contributed by atoms with Crippen molar-refractivity contribution in [1.82, 2.24) is 0 Å². The van der Waals surface area contributed by atoms with Gasteiger partial charge in [-0.15, -0.1) is 0 Å². The van der Waals surface area contributed by atoms with Gasteiger partial charge in [0.15, 0.2) is 0 Å². The molecule has 6 nitrogen and oxygen atoms in total. The van der Waals surface area contributed by atoms with Crippen LogP contribution in [0.25, 0.3) is 0 Å². The Morgan fingerprint density at radius 3 is 2.39 bits per heavy atom. The van der Waals surface area contributed by atoms with E-state index in [4.69, 9.17) is 14.6 Å². The maximum atomic E-state index is 11.0. The quantitative estimate of drug-likeness (QED) is 0.670. The van der Waals surface area contributed by atoms with Crippen molar-refractivity contribution in [3.05, 3.63) is 24.3 Å². The first kappa shape index (κ1) is 14.9. The third kappa shape index (κ3) is 5.46. The number of sulfonamides is 1. The number of nitrogens with two attached hydrogens (primary N) is 1. The first-order valence-corrected chi connectivity index (χ1v) is 7.02. The van der Waals surface area contributed by atoms with Gasteiger partial charge in [0.1, 0.15) is 0 Å². The summed E-state index contributed by atoms with van der Waals surface area (Å²) in [5, 5.41) is 8.09. The zero-order valence-electron chi connectivity index (χ0n) is 10.3. The number of primary sulfonamides is 1. The lowest BCUT2D eigenvalue weighted by Gasteiger charge is -2.07. The van der Waals surface area contributed by atoms with Gasteiger partial charge in [0.2, 0.25) is 10.0 Å². The third-order valence-electron chi connectivity index (χ3n) is 2.19. The molecule has 0 aromatic heterocycles. The van der Waals surface area contributed by atoms with Crippen molar-refractivity contribution in [2.45, 2.75) is 4.90 Å². The highest BCUT2D eigenvalue weighted by Gasteiger charge is 2.06. The smallest absolute Gasteiger partial charge is 0.238 e. The molecular weight excluding hydrogens is 256 g/mol. The number of ether oxygens (including phenoxy) is 2. The van der Waals surface area contributed by atoms with E-state index in [-0.39, 0.29) is 4.90 Å². The van der Waals surface area contributed by atoms with Crippen LogP contribution in [0.5, 0.6) is 0 Å². The summed E-state index contributed by atoms with van der Waals surface area (Å²) < 4.78 is 32.2. The minimum Gasteiger partial charge on any atom is -0.383 e. The Kier molecular flexibility index (Phi) is 6.06. The summed E-state index contributed by atoms with van der Waals surface area (Å²) in [6.45, 7) is 2.32. The normalized spacial score (nSPS) is 11.4. The molecule has 102 valence electrons. The second-order valence-electron chi connectivity index (χ2n) is 3.60. The maximum Gasteiger partial charge on any atom is 0.238 e. The standard InChI is InChI=1S/C11H18N2O4S/c1-16-8-9-17-7-6-13-10-2-4-11(5-3-10)18(12,14)15/h2-5,13H,6-9H2,1H3,(H2,12,14,15). The number of benzene rings is 1. The zero-order chi connectivity index (χ0) is 13.4. The van der Waals surface area contributed by atoms with Crippen LogP contribution in [0.15, 0.2) is 29.2 Å². The van der Waals surface area contributed by atoms with E-state index in [2.05, 4.69) is 5.32 Å². The van der Waals surface area contributed by atoms with Crippen molar-refractivity contribution in [2.24, 2.45) is 5.14 Å². The summed E-state index contributed by atoms with van der Waals surface area (Å²) in [7, 11) is -2.00. The highest BCUT2D eigenvalue weighted by atomic mass is 32.2. The molecule has 3 N–H and O–H groups in total. The van der Waals surface area contributed by atoms with Gasteiger partial charge >= 0.3 is 0 Å². The van der Waals surface area contributed by atoms with Crippen molar-refractivity contribution < 1.29 is 17.9 Å². The first-order chi connectivity index (χ1) is 8.54. The summed E-state index contributed by atoms with van der Waals surface area (Å²) in [5.41, 5.74) is 0.817. The average molecular weight is 274 g/mol. The second-order valence-corrected chi connectivity index (χ2v) is 5.16. The molecule has 0 heterocycles. The zero-order valence-corrected chi connectivity index (χ0v) is 11.1. The molecule has 0 amide bonds. The fraction of sp³-hybridized carbons (Fsp3) is 0.455. The molecule has 0 spiro atoms. The number of methoxy groups -OCH3 is 1. The number of anilines is 1. The predicted octanol–water partition coefficient (Wildman–Crippen LogP) is 0.409. The average Bonchev–Trinajstić information content (AvgIpc) is 2.33. The van der Waals surface area contributed by atoms with Gasteiger partial charge < -0.3 is 14.8 Å². The fourth-order valence-electron chi connectivity index (χ4n) is 1.27. The van der Waals surface area contributed by atoms with E-state index in [0.717, 1.165) is 5.69 Å². The highest BCUT2D eigenvalue weighted by Crippen LogP contribution is 2.12. The lowest BCUT2D eigenvalue weighted by Crippen LogP contribution is -2.13. The lowest BCUT2D eigenvalue weighted by molar-refractivity contribution is 0.0759. The van der Waals surface area contributed by atoms with Crippen LogP contribution in [-0.4, -0.2) is 41.9 Å². The lowest BCUT2D eigenvalue weighted by atomic mass is 10.3. The molecule has 0 aliphatic rings. The maximum absolute atomic E-state index is 11.0. The predicted molar refractivity (Wildman–Crippen MR) is 69.0 cm³/mol. The van der Waals surface area contributed by atoms with Gasteiger partial charge in [0, 0.05) is 19.3 Å². The molecule has 0 atom stereocenters. The second kappa shape index (κ2) is 7.32. The highest BCUT2D eigenvalue weighted by molar-refractivity contribution is 7.89. The van der Waals surface area contributed by atoms with Gasteiger partial charge in [-0.25, -0.2) is 13.6 Å². The molecule has 0 aliphatic carbocycles. The molecule has 18 heavy (non-hydrogen) atoms. The number of hydrogen-bond donors (Lipinski definition) is 2. The Morgan fingerprint density at radius 1 is 1.17 bits per heavy atom. The monoisotopic (exact) mass is 274 g/mol. The van der Waals surface area contributed by atoms with Crippen molar-refractivity contribution in [3.8, 4) is 0 Å². The van der Waals surface area contributed by atoms with Gasteiger partial charge in [-0.05, 0) is 24.3 Å². The van der Waals surface area contributed by atoms with Crippen molar-refractivity contribution >= 4 is 15.7 Å². The van der Waals surface area contributed by atoms with E-state index in [1.807, 2.05) is 0 Å². The van der Waals surface area contributed by atoms with Gasteiger partial charge in [-0.2, -0.15) is 0 Å². The van der Waals surface area contributed by atoms with Crippen LogP contribution in [-0.2, 0) is 19.5 Å². The minimum absolute atomic E-state index is 0.101. The molecule has 0 fully saturated rings. The van der Waals surface area contributed by atoms with Crippen molar-refractivity contribution in [2.75, 3.05) is 38.8 Å². The Labute approximate surface area is 107 Å². The summed E-state index contributed by atoms with van der Waals surface area (Å²) in [6.07, 6.45) is 0. The summed E-state index contributed by atoms with van der Waals surface area (Å²) in [4.78, 5) is 0.101. The molecule has 0 saturated heterocycles.